The maximum Gasteiger partial charge on any atom is 0.409 e. The Kier molecular flexibility index (Phi) is 4.61. The molecule has 108 valence electrons. The number of piperazine rings is 1. The molecule has 0 spiro atoms. The summed E-state index contributed by atoms with van der Waals surface area (Å²) in [4.78, 5) is 26.4. The molecule has 0 aromatic heterocycles. The summed E-state index contributed by atoms with van der Waals surface area (Å²) in [5.41, 5.74) is 2.79. The first kappa shape index (κ1) is 14.4. The highest BCUT2D eigenvalue weighted by molar-refractivity contribution is 5.78. The van der Waals surface area contributed by atoms with Gasteiger partial charge in [-0.25, -0.2) is 4.79 Å². The predicted molar refractivity (Wildman–Crippen MR) is 77.4 cm³/mol. The van der Waals surface area contributed by atoms with Crippen LogP contribution in [-0.2, 0) is 4.74 Å². The van der Waals surface area contributed by atoms with Gasteiger partial charge in [-0.3, -0.25) is 4.79 Å². The van der Waals surface area contributed by atoms with Gasteiger partial charge in [-0.05, 0) is 37.6 Å². The average Bonchev–Trinajstić information content (AvgIpc) is 2.47. The van der Waals surface area contributed by atoms with E-state index in [1.807, 2.05) is 32.0 Å². The summed E-state index contributed by atoms with van der Waals surface area (Å²) >= 11 is 0. The molecule has 5 heteroatoms. The zero-order chi connectivity index (χ0) is 14.5. The van der Waals surface area contributed by atoms with Crippen LogP contribution in [0.3, 0.4) is 0 Å². The third-order valence-electron chi connectivity index (χ3n) is 3.55. The lowest BCUT2D eigenvalue weighted by molar-refractivity contribution is 0.105. The van der Waals surface area contributed by atoms with Crippen LogP contribution in [0.4, 0.5) is 10.5 Å². The first-order valence-electron chi connectivity index (χ1n) is 6.88. The van der Waals surface area contributed by atoms with E-state index in [1.165, 1.54) is 0 Å². The number of benzene rings is 1. The molecule has 1 heterocycles. The number of nitrogens with zero attached hydrogens (tertiary/aromatic N) is 2. The first-order valence-corrected chi connectivity index (χ1v) is 6.88. The highest BCUT2D eigenvalue weighted by Gasteiger charge is 2.22. The van der Waals surface area contributed by atoms with E-state index in [9.17, 15) is 9.59 Å². The van der Waals surface area contributed by atoms with E-state index in [4.69, 9.17) is 4.74 Å². The van der Waals surface area contributed by atoms with Gasteiger partial charge < -0.3 is 14.5 Å². The summed E-state index contributed by atoms with van der Waals surface area (Å²) in [5.74, 6) is 0. The fourth-order valence-electron chi connectivity index (χ4n) is 2.35. The number of anilines is 1. The maximum atomic E-state index is 11.6. The van der Waals surface area contributed by atoms with E-state index >= 15 is 0 Å². The molecule has 0 atom stereocenters. The molecule has 1 amide bonds. The number of carbonyl (C=O) groups excluding carboxylic acids is 2. The van der Waals surface area contributed by atoms with Crippen molar-refractivity contribution in [3.63, 3.8) is 0 Å². The van der Waals surface area contributed by atoms with Gasteiger partial charge in [-0.1, -0.05) is 0 Å². The molecule has 0 saturated carbocycles. The second-order valence-corrected chi connectivity index (χ2v) is 4.83. The van der Waals surface area contributed by atoms with Crippen LogP contribution in [0.1, 0.15) is 22.8 Å². The van der Waals surface area contributed by atoms with Crippen molar-refractivity contribution in [2.24, 2.45) is 0 Å². The zero-order valence-electron chi connectivity index (χ0n) is 12.0. The molecule has 0 aliphatic carbocycles. The average molecular weight is 276 g/mol. The number of hydrogen-bond donors (Lipinski definition) is 0. The smallest absolute Gasteiger partial charge is 0.409 e. The van der Waals surface area contributed by atoms with Gasteiger partial charge in [-0.2, -0.15) is 0 Å². The third kappa shape index (κ3) is 3.10. The lowest BCUT2D eigenvalue weighted by Crippen LogP contribution is -2.49. The molecule has 0 bridgehead atoms. The van der Waals surface area contributed by atoms with Crippen molar-refractivity contribution in [3.05, 3.63) is 29.3 Å². The van der Waals surface area contributed by atoms with Crippen molar-refractivity contribution >= 4 is 18.1 Å². The van der Waals surface area contributed by atoms with Crippen LogP contribution in [-0.4, -0.2) is 50.1 Å². The molecule has 1 aliphatic rings. The lowest BCUT2D eigenvalue weighted by atomic mass is 10.1. The second-order valence-electron chi connectivity index (χ2n) is 4.83. The van der Waals surface area contributed by atoms with Gasteiger partial charge in [0, 0.05) is 37.4 Å². The van der Waals surface area contributed by atoms with E-state index in [-0.39, 0.29) is 6.09 Å². The monoisotopic (exact) mass is 276 g/mol. The van der Waals surface area contributed by atoms with Gasteiger partial charge in [0.2, 0.25) is 0 Å². The number of rotatable bonds is 3. The Hall–Kier alpha value is -2.04. The number of ether oxygens (including phenoxy) is 1. The summed E-state index contributed by atoms with van der Waals surface area (Å²) in [5, 5.41) is 0. The van der Waals surface area contributed by atoms with Gasteiger partial charge in [-0.15, -0.1) is 0 Å². The van der Waals surface area contributed by atoms with Crippen LogP contribution in [0, 0.1) is 6.92 Å². The summed E-state index contributed by atoms with van der Waals surface area (Å²) in [6.45, 7) is 7.02. The molecule has 1 saturated heterocycles. The molecule has 2 rings (SSSR count). The van der Waals surface area contributed by atoms with Gasteiger partial charge in [0.1, 0.15) is 6.29 Å². The molecule has 5 nitrogen and oxygen atoms in total. The SMILES string of the molecule is CCOC(=O)N1CCN(c2ccc(C=O)c(C)c2)CC1. The van der Waals surface area contributed by atoms with Crippen LogP contribution in [0.15, 0.2) is 18.2 Å². The standard InChI is InChI=1S/C15H20N2O3/c1-3-20-15(19)17-8-6-16(7-9-17)14-5-4-13(11-18)12(2)10-14/h4-5,10-11H,3,6-9H2,1-2H3. The minimum absolute atomic E-state index is 0.236. The van der Waals surface area contributed by atoms with Crippen molar-refractivity contribution in [1.82, 2.24) is 4.90 Å². The Morgan fingerprint density at radius 2 is 2.00 bits per heavy atom. The molecule has 1 aromatic carbocycles. The van der Waals surface area contributed by atoms with Crippen molar-refractivity contribution in [2.45, 2.75) is 13.8 Å². The van der Waals surface area contributed by atoms with E-state index in [0.717, 1.165) is 36.2 Å². The van der Waals surface area contributed by atoms with Crippen molar-refractivity contribution < 1.29 is 14.3 Å². The minimum atomic E-state index is -0.236. The number of amides is 1. The number of aldehydes is 1. The summed E-state index contributed by atoms with van der Waals surface area (Å²) < 4.78 is 5.00. The normalized spacial score (nSPS) is 15.1. The van der Waals surface area contributed by atoms with Crippen LogP contribution in [0.25, 0.3) is 0 Å². The Balaban J connectivity index is 1.98. The van der Waals surface area contributed by atoms with Crippen LogP contribution >= 0.6 is 0 Å². The molecule has 0 N–H and O–H groups in total. The minimum Gasteiger partial charge on any atom is -0.450 e. The number of hydrogen-bond acceptors (Lipinski definition) is 4. The van der Waals surface area contributed by atoms with Crippen molar-refractivity contribution in [1.29, 1.82) is 0 Å². The maximum absolute atomic E-state index is 11.6. The molecular formula is C15H20N2O3. The van der Waals surface area contributed by atoms with Crippen molar-refractivity contribution in [3.8, 4) is 0 Å². The summed E-state index contributed by atoms with van der Waals surface area (Å²) in [6.07, 6.45) is 0.636. The summed E-state index contributed by atoms with van der Waals surface area (Å²) in [6, 6.07) is 5.82. The molecule has 0 radical (unpaired) electrons. The highest BCUT2D eigenvalue weighted by Crippen LogP contribution is 2.20. The Labute approximate surface area is 119 Å². The van der Waals surface area contributed by atoms with Gasteiger partial charge >= 0.3 is 6.09 Å². The molecule has 20 heavy (non-hydrogen) atoms. The van der Waals surface area contributed by atoms with E-state index < -0.39 is 0 Å². The number of carbonyl (C=O) groups is 2. The quantitative estimate of drug-likeness (QED) is 0.793. The lowest BCUT2D eigenvalue weighted by Gasteiger charge is -2.35. The van der Waals surface area contributed by atoms with Crippen LogP contribution < -0.4 is 4.90 Å². The van der Waals surface area contributed by atoms with Crippen molar-refractivity contribution in [2.75, 3.05) is 37.7 Å². The van der Waals surface area contributed by atoms with E-state index in [2.05, 4.69) is 4.90 Å². The Bertz CT molecular complexity index is 494. The highest BCUT2D eigenvalue weighted by atomic mass is 16.6. The fraction of sp³-hybridized carbons (Fsp3) is 0.467. The van der Waals surface area contributed by atoms with Gasteiger partial charge in [0.05, 0.1) is 6.61 Å². The second kappa shape index (κ2) is 6.41. The van der Waals surface area contributed by atoms with Gasteiger partial charge in [0.15, 0.2) is 0 Å². The third-order valence-corrected chi connectivity index (χ3v) is 3.55. The topological polar surface area (TPSA) is 49.9 Å². The molecule has 1 aromatic rings. The van der Waals surface area contributed by atoms with Crippen LogP contribution in [0.2, 0.25) is 0 Å². The Morgan fingerprint density at radius 3 is 2.55 bits per heavy atom. The predicted octanol–water partition coefficient (Wildman–Crippen LogP) is 2.09. The van der Waals surface area contributed by atoms with Gasteiger partial charge in [0.25, 0.3) is 0 Å². The summed E-state index contributed by atoms with van der Waals surface area (Å²) in [7, 11) is 0. The molecule has 0 unspecified atom stereocenters. The Morgan fingerprint density at radius 1 is 1.30 bits per heavy atom. The first-order chi connectivity index (χ1) is 9.65. The fourth-order valence-corrected chi connectivity index (χ4v) is 2.35. The molecule has 1 fully saturated rings. The molecular weight excluding hydrogens is 256 g/mol. The largest absolute Gasteiger partial charge is 0.450 e. The van der Waals surface area contributed by atoms with E-state index in [0.29, 0.717) is 19.7 Å². The number of aryl methyl sites for hydroxylation is 1. The molecule has 1 aliphatic heterocycles. The van der Waals surface area contributed by atoms with Crippen LogP contribution in [0.5, 0.6) is 0 Å². The van der Waals surface area contributed by atoms with E-state index in [1.54, 1.807) is 4.90 Å². The zero-order valence-corrected chi connectivity index (χ0v) is 12.0.